The minimum atomic E-state index is 0.0442. The van der Waals surface area contributed by atoms with E-state index in [4.69, 9.17) is 11.6 Å². The van der Waals surface area contributed by atoms with Gasteiger partial charge in [0.15, 0.2) is 0 Å². The SMILES string of the molecule is OCC(c1ccc(Br)c(Cl)c1)N1CCNCC1. The Morgan fingerprint density at radius 2 is 2.12 bits per heavy atom. The van der Waals surface area contributed by atoms with Crippen LogP contribution in [0.15, 0.2) is 22.7 Å². The molecule has 0 amide bonds. The van der Waals surface area contributed by atoms with Crippen LogP contribution in [0.1, 0.15) is 11.6 Å². The van der Waals surface area contributed by atoms with Crippen LogP contribution in [0.25, 0.3) is 0 Å². The molecular weight excluding hydrogens is 304 g/mol. The lowest BCUT2D eigenvalue weighted by atomic mass is 10.1. The van der Waals surface area contributed by atoms with Gasteiger partial charge in [0.2, 0.25) is 0 Å². The zero-order valence-corrected chi connectivity index (χ0v) is 11.8. The molecule has 1 heterocycles. The first-order chi connectivity index (χ1) is 8.22. The van der Waals surface area contributed by atoms with Gasteiger partial charge in [-0.15, -0.1) is 0 Å². The van der Waals surface area contributed by atoms with Gasteiger partial charge < -0.3 is 10.4 Å². The molecule has 1 atom stereocenters. The third kappa shape index (κ3) is 3.20. The number of aliphatic hydroxyl groups excluding tert-OH is 1. The Morgan fingerprint density at radius 1 is 1.41 bits per heavy atom. The van der Waals surface area contributed by atoms with Crippen LogP contribution in [0.3, 0.4) is 0 Å². The number of hydrogen-bond acceptors (Lipinski definition) is 3. The summed E-state index contributed by atoms with van der Waals surface area (Å²) in [5, 5.41) is 13.6. The summed E-state index contributed by atoms with van der Waals surface area (Å²) in [6.45, 7) is 3.98. The maximum absolute atomic E-state index is 9.58. The van der Waals surface area contributed by atoms with Crippen LogP contribution in [-0.4, -0.2) is 42.8 Å². The lowest BCUT2D eigenvalue weighted by Gasteiger charge is -2.34. The fourth-order valence-corrected chi connectivity index (χ4v) is 2.58. The second-order valence-corrected chi connectivity index (χ2v) is 5.42. The topological polar surface area (TPSA) is 35.5 Å². The molecule has 1 unspecified atom stereocenters. The third-order valence-electron chi connectivity index (χ3n) is 3.09. The Bertz CT molecular complexity index is 383. The molecule has 5 heteroatoms. The number of aliphatic hydroxyl groups is 1. The highest BCUT2D eigenvalue weighted by atomic mass is 79.9. The van der Waals surface area contributed by atoms with Crippen molar-refractivity contribution in [1.29, 1.82) is 0 Å². The second kappa shape index (κ2) is 6.16. The van der Waals surface area contributed by atoms with Gasteiger partial charge in [-0.2, -0.15) is 0 Å². The molecule has 17 heavy (non-hydrogen) atoms. The van der Waals surface area contributed by atoms with Crippen molar-refractivity contribution >= 4 is 27.5 Å². The number of nitrogens with zero attached hydrogens (tertiary/aromatic N) is 1. The predicted octanol–water partition coefficient (Wildman–Crippen LogP) is 2.04. The average Bonchev–Trinajstić information content (AvgIpc) is 2.36. The molecule has 0 aliphatic carbocycles. The van der Waals surface area contributed by atoms with Gasteiger partial charge >= 0.3 is 0 Å². The minimum Gasteiger partial charge on any atom is -0.394 e. The fourth-order valence-electron chi connectivity index (χ4n) is 2.15. The molecule has 0 spiro atoms. The van der Waals surface area contributed by atoms with E-state index >= 15 is 0 Å². The number of piperazine rings is 1. The van der Waals surface area contributed by atoms with Crippen molar-refractivity contribution in [2.75, 3.05) is 32.8 Å². The summed E-state index contributed by atoms with van der Waals surface area (Å²) in [6.07, 6.45) is 0. The first kappa shape index (κ1) is 13.3. The van der Waals surface area contributed by atoms with E-state index in [0.29, 0.717) is 5.02 Å². The van der Waals surface area contributed by atoms with Gasteiger partial charge in [-0.05, 0) is 33.6 Å². The molecule has 0 saturated carbocycles. The maximum Gasteiger partial charge on any atom is 0.0628 e. The summed E-state index contributed by atoms with van der Waals surface area (Å²) in [7, 11) is 0. The monoisotopic (exact) mass is 318 g/mol. The molecule has 3 nitrogen and oxygen atoms in total. The molecule has 0 bridgehead atoms. The molecule has 1 aromatic carbocycles. The molecule has 94 valence electrons. The van der Waals surface area contributed by atoms with Crippen LogP contribution in [-0.2, 0) is 0 Å². The molecule has 1 aromatic rings. The van der Waals surface area contributed by atoms with Gasteiger partial charge in [0.1, 0.15) is 0 Å². The van der Waals surface area contributed by atoms with Gasteiger partial charge in [-0.25, -0.2) is 0 Å². The summed E-state index contributed by atoms with van der Waals surface area (Å²) in [5.74, 6) is 0. The number of halogens is 2. The average molecular weight is 320 g/mol. The van der Waals surface area contributed by atoms with Crippen molar-refractivity contribution < 1.29 is 5.11 Å². The van der Waals surface area contributed by atoms with Crippen LogP contribution in [0.5, 0.6) is 0 Å². The van der Waals surface area contributed by atoms with Gasteiger partial charge in [0.25, 0.3) is 0 Å². The van der Waals surface area contributed by atoms with Crippen molar-refractivity contribution in [2.45, 2.75) is 6.04 Å². The van der Waals surface area contributed by atoms with Crippen molar-refractivity contribution in [3.05, 3.63) is 33.3 Å². The Labute approximate surface area is 115 Å². The zero-order valence-electron chi connectivity index (χ0n) is 9.50. The molecule has 2 N–H and O–H groups in total. The Kier molecular flexibility index (Phi) is 4.82. The first-order valence-corrected chi connectivity index (χ1v) is 6.90. The quantitative estimate of drug-likeness (QED) is 0.895. The number of benzene rings is 1. The summed E-state index contributed by atoms with van der Waals surface area (Å²) in [6, 6.07) is 5.92. The van der Waals surface area contributed by atoms with Crippen LogP contribution < -0.4 is 5.32 Å². The normalized spacial score (nSPS) is 19.2. The van der Waals surface area contributed by atoms with Crippen LogP contribution in [0.2, 0.25) is 5.02 Å². The van der Waals surface area contributed by atoms with Crippen LogP contribution in [0, 0.1) is 0 Å². The molecule has 1 aliphatic heterocycles. The van der Waals surface area contributed by atoms with Crippen molar-refractivity contribution in [3.63, 3.8) is 0 Å². The highest BCUT2D eigenvalue weighted by Gasteiger charge is 2.21. The van der Waals surface area contributed by atoms with Gasteiger partial charge in [0.05, 0.1) is 17.7 Å². The summed E-state index contributed by atoms with van der Waals surface area (Å²) in [4.78, 5) is 2.29. The van der Waals surface area contributed by atoms with E-state index in [1.54, 1.807) is 0 Å². The molecule has 2 rings (SSSR count). The molecular formula is C12H16BrClN2O. The zero-order chi connectivity index (χ0) is 12.3. The smallest absolute Gasteiger partial charge is 0.0628 e. The van der Waals surface area contributed by atoms with E-state index in [9.17, 15) is 5.11 Å². The molecule has 1 fully saturated rings. The van der Waals surface area contributed by atoms with E-state index in [-0.39, 0.29) is 12.6 Å². The van der Waals surface area contributed by atoms with E-state index in [0.717, 1.165) is 36.2 Å². The first-order valence-electron chi connectivity index (χ1n) is 5.73. The highest BCUT2D eigenvalue weighted by Crippen LogP contribution is 2.28. The summed E-state index contributed by atoms with van der Waals surface area (Å²) >= 11 is 9.47. The predicted molar refractivity (Wildman–Crippen MR) is 73.4 cm³/mol. The maximum atomic E-state index is 9.58. The lowest BCUT2D eigenvalue weighted by molar-refractivity contribution is 0.111. The van der Waals surface area contributed by atoms with Crippen molar-refractivity contribution in [2.24, 2.45) is 0 Å². The highest BCUT2D eigenvalue weighted by molar-refractivity contribution is 9.10. The lowest BCUT2D eigenvalue weighted by Crippen LogP contribution is -2.46. The molecule has 1 saturated heterocycles. The van der Waals surface area contributed by atoms with Gasteiger partial charge in [0, 0.05) is 30.7 Å². The largest absolute Gasteiger partial charge is 0.394 e. The Hall–Kier alpha value is -0.130. The van der Waals surface area contributed by atoms with Gasteiger partial charge in [-0.1, -0.05) is 17.7 Å². The van der Waals surface area contributed by atoms with Crippen molar-refractivity contribution in [3.8, 4) is 0 Å². The number of rotatable bonds is 3. The van der Waals surface area contributed by atoms with Crippen molar-refractivity contribution in [1.82, 2.24) is 10.2 Å². The summed E-state index contributed by atoms with van der Waals surface area (Å²) in [5.41, 5.74) is 1.07. The van der Waals surface area contributed by atoms with Crippen LogP contribution in [0.4, 0.5) is 0 Å². The summed E-state index contributed by atoms with van der Waals surface area (Å²) < 4.78 is 0.889. The molecule has 0 radical (unpaired) electrons. The third-order valence-corrected chi connectivity index (χ3v) is 4.33. The van der Waals surface area contributed by atoms with Gasteiger partial charge in [-0.3, -0.25) is 4.90 Å². The van der Waals surface area contributed by atoms with E-state index in [1.165, 1.54) is 0 Å². The fraction of sp³-hybridized carbons (Fsp3) is 0.500. The van der Waals surface area contributed by atoms with Crippen LogP contribution >= 0.6 is 27.5 Å². The van der Waals surface area contributed by atoms with E-state index in [1.807, 2.05) is 18.2 Å². The molecule has 0 aromatic heterocycles. The second-order valence-electron chi connectivity index (χ2n) is 4.16. The minimum absolute atomic E-state index is 0.0442. The molecule has 1 aliphatic rings. The Balaban J connectivity index is 2.18. The van der Waals surface area contributed by atoms with E-state index < -0.39 is 0 Å². The Morgan fingerprint density at radius 3 is 2.71 bits per heavy atom. The standard InChI is InChI=1S/C12H16BrClN2O/c13-10-2-1-9(7-11(10)14)12(8-17)16-5-3-15-4-6-16/h1-2,7,12,15,17H,3-6,8H2. The van der Waals surface area contributed by atoms with E-state index in [2.05, 4.69) is 26.1 Å². The number of nitrogens with one attached hydrogen (secondary N) is 1. The number of hydrogen-bond donors (Lipinski definition) is 2.